The molecule has 2 unspecified atom stereocenters. The summed E-state index contributed by atoms with van der Waals surface area (Å²) >= 11 is 0. The maximum absolute atomic E-state index is 13.2. The van der Waals surface area contributed by atoms with E-state index in [1.54, 1.807) is 24.3 Å². The van der Waals surface area contributed by atoms with Crippen LogP contribution < -0.4 is 10.6 Å². The van der Waals surface area contributed by atoms with Gasteiger partial charge in [0.2, 0.25) is 5.91 Å². The number of carbonyl (C=O) groups excluding carboxylic acids is 4. The summed E-state index contributed by atoms with van der Waals surface area (Å²) in [7, 11) is 0. The molecule has 1 saturated carbocycles. The summed E-state index contributed by atoms with van der Waals surface area (Å²) in [6, 6.07) is 6.38. The first-order valence-corrected chi connectivity index (χ1v) is 12.0. The van der Waals surface area contributed by atoms with Crippen molar-refractivity contribution in [2.24, 2.45) is 17.8 Å². The third kappa shape index (κ3) is 4.75. The molecule has 8 heteroatoms. The van der Waals surface area contributed by atoms with Crippen LogP contribution in [0.15, 0.2) is 24.3 Å². The Morgan fingerprint density at radius 2 is 1.67 bits per heavy atom. The van der Waals surface area contributed by atoms with Gasteiger partial charge in [-0.25, -0.2) is 4.79 Å². The quantitative estimate of drug-likeness (QED) is 0.683. The molecule has 0 aromatic heterocycles. The number of anilines is 1. The highest BCUT2D eigenvalue weighted by Gasteiger charge is 2.52. The number of nitrogens with zero attached hydrogens (tertiary/aromatic N) is 2. The second-order valence-electron chi connectivity index (χ2n) is 10.3. The molecule has 178 valence electrons. The van der Waals surface area contributed by atoms with Crippen molar-refractivity contribution in [3.63, 3.8) is 0 Å². The van der Waals surface area contributed by atoms with Crippen LogP contribution in [0.5, 0.6) is 0 Å². The lowest BCUT2D eigenvalue weighted by atomic mass is 9.77. The minimum Gasteiger partial charge on any atom is -0.338 e. The molecule has 8 nitrogen and oxygen atoms in total. The monoisotopic (exact) mass is 454 g/mol. The van der Waals surface area contributed by atoms with Gasteiger partial charge in [0.15, 0.2) is 0 Å². The summed E-state index contributed by atoms with van der Waals surface area (Å²) in [5.41, 5.74) is -0.0620. The number of hydrogen-bond donors (Lipinski definition) is 2. The van der Waals surface area contributed by atoms with Crippen LogP contribution in [0, 0.1) is 17.8 Å². The Morgan fingerprint density at radius 3 is 2.33 bits per heavy atom. The molecule has 2 aliphatic heterocycles. The molecule has 4 rings (SSSR count). The average molecular weight is 455 g/mol. The van der Waals surface area contributed by atoms with Gasteiger partial charge in [0.25, 0.3) is 11.8 Å². The number of rotatable bonds is 4. The first kappa shape index (κ1) is 23.3. The molecule has 1 spiro atoms. The minimum atomic E-state index is -0.876. The number of piperidine rings is 1. The summed E-state index contributed by atoms with van der Waals surface area (Å²) in [6.07, 6.45) is 4.03. The number of benzene rings is 1. The van der Waals surface area contributed by atoms with Crippen molar-refractivity contribution in [2.45, 2.75) is 58.4 Å². The smallest absolute Gasteiger partial charge is 0.325 e. The topological polar surface area (TPSA) is 98.8 Å². The fourth-order valence-electron chi connectivity index (χ4n) is 5.52. The van der Waals surface area contributed by atoms with Crippen molar-refractivity contribution in [3.8, 4) is 0 Å². The van der Waals surface area contributed by atoms with Crippen LogP contribution in [-0.4, -0.2) is 58.7 Å². The SMILES string of the molecule is CC1CCC2(CC1)NC(=O)N(CC(=O)Nc1ccccc1C(=O)N1CC(C)CC(C)C1)C2=O. The van der Waals surface area contributed by atoms with E-state index in [1.165, 1.54) is 0 Å². The van der Waals surface area contributed by atoms with Crippen LogP contribution in [-0.2, 0) is 9.59 Å². The summed E-state index contributed by atoms with van der Waals surface area (Å²) in [4.78, 5) is 54.4. The lowest BCUT2D eigenvalue weighted by Crippen LogP contribution is -2.49. The van der Waals surface area contributed by atoms with Crippen molar-refractivity contribution in [1.29, 1.82) is 0 Å². The molecular weight excluding hydrogens is 420 g/mol. The van der Waals surface area contributed by atoms with Crippen molar-refractivity contribution >= 4 is 29.4 Å². The second-order valence-corrected chi connectivity index (χ2v) is 10.3. The molecule has 3 fully saturated rings. The molecule has 0 bridgehead atoms. The average Bonchev–Trinajstić information content (AvgIpc) is 2.99. The number of urea groups is 1. The summed E-state index contributed by atoms with van der Waals surface area (Å²) < 4.78 is 0. The Balaban J connectivity index is 1.44. The van der Waals surface area contributed by atoms with Gasteiger partial charge in [-0.1, -0.05) is 32.9 Å². The van der Waals surface area contributed by atoms with E-state index < -0.39 is 17.5 Å². The molecule has 1 aromatic carbocycles. The highest BCUT2D eigenvalue weighted by atomic mass is 16.2. The minimum absolute atomic E-state index is 0.116. The van der Waals surface area contributed by atoms with E-state index in [-0.39, 0.29) is 18.4 Å². The zero-order chi connectivity index (χ0) is 23.8. The van der Waals surface area contributed by atoms with Crippen LogP contribution in [0.4, 0.5) is 10.5 Å². The number of amides is 5. The summed E-state index contributed by atoms with van der Waals surface area (Å²) in [6.45, 7) is 7.43. The molecular formula is C25H34N4O4. The highest BCUT2D eigenvalue weighted by Crippen LogP contribution is 2.36. The van der Waals surface area contributed by atoms with Gasteiger partial charge in [-0.2, -0.15) is 0 Å². The third-order valence-electron chi connectivity index (χ3n) is 7.26. The number of carbonyl (C=O) groups is 4. The van der Waals surface area contributed by atoms with E-state index in [0.29, 0.717) is 54.9 Å². The van der Waals surface area contributed by atoms with E-state index in [1.807, 2.05) is 4.90 Å². The predicted molar refractivity (Wildman–Crippen MR) is 125 cm³/mol. The molecule has 2 atom stereocenters. The van der Waals surface area contributed by atoms with Gasteiger partial charge in [-0.3, -0.25) is 19.3 Å². The zero-order valence-electron chi connectivity index (χ0n) is 19.7. The number of hydrogen-bond acceptors (Lipinski definition) is 4. The molecule has 33 heavy (non-hydrogen) atoms. The molecule has 2 saturated heterocycles. The van der Waals surface area contributed by atoms with Crippen molar-refractivity contribution in [2.75, 3.05) is 25.0 Å². The first-order valence-electron chi connectivity index (χ1n) is 12.0. The highest BCUT2D eigenvalue weighted by molar-refractivity contribution is 6.11. The van der Waals surface area contributed by atoms with E-state index in [0.717, 1.165) is 24.2 Å². The molecule has 2 N–H and O–H groups in total. The predicted octanol–water partition coefficient (Wildman–Crippen LogP) is 3.24. The Hall–Kier alpha value is -2.90. The Morgan fingerprint density at radius 1 is 1.03 bits per heavy atom. The number of likely N-dealkylation sites (tertiary alicyclic amines) is 1. The van der Waals surface area contributed by atoms with Gasteiger partial charge in [0.05, 0.1) is 11.3 Å². The van der Waals surface area contributed by atoms with Crippen LogP contribution in [0.2, 0.25) is 0 Å². The molecule has 1 aromatic rings. The van der Waals surface area contributed by atoms with E-state index in [9.17, 15) is 19.2 Å². The Kier molecular flexibility index (Phi) is 6.45. The summed E-state index contributed by atoms with van der Waals surface area (Å²) in [5, 5.41) is 5.60. The van der Waals surface area contributed by atoms with Gasteiger partial charge >= 0.3 is 6.03 Å². The van der Waals surface area contributed by atoms with E-state index >= 15 is 0 Å². The van der Waals surface area contributed by atoms with Crippen LogP contribution in [0.3, 0.4) is 0 Å². The number of para-hydroxylation sites is 1. The zero-order valence-corrected chi connectivity index (χ0v) is 19.7. The van der Waals surface area contributed by atoms with Crippen molar-refractivity contribution < 1.29 is 19.2 Å². The Labute approximate surface area is 195 Å². The molecule has 1 aliphatic carbocycles. The maximum atomic E-state index is 13.2. The summed E-state index contributed by atoms with van der Waals surface area (Å²) in [5.74, 6) is 0.436. The van der Waals surface area contributed by atoms with Crippen LogP contribution in [0.25, 0.3) is 0 Å². The van der Waals surface area contributed by atoms with Crippen molar-refractivity contribution in [3.05, 3.63) is 29.8 Å². The lowest BCUT2D eigenvalue weighted by Gasteiger charge is -2.35. The van der Waals surface area contributed by atoms with Crippen LogP contribution in [0.1, 0.15) is 63.2 Å². The lowest BCUT2D eigenvalue weighted by molar-refractivity contribution is -0.135. The van der Waals surface area contributed by atoms with Gasteiger partial charge in [0.1, 0.15) is 12.1 Å². The van der Waals surface area contributed by atoms with Gasteiger partial charge < -0.3 is 15.5 Å². The van der Waals surface area contributed by atoms with Gasteiger partial charge in [-0.05, 0) is 62.0 Å². The Bertz CT molecular complexity index is 943. The molecule has 5 amide bonds. The molecule has 0 radical (unpaired) electrons. The van der Waals surface area contributed by atoms with Gasteiger partial charge in [0, 0.05) is 13.1 Å². The normalized spacial score (nSPS) is 29.8. The third-order valence-corrected chi connectivity index (χ3v) is 7.26. The van der Waals surface area contributed by atoms with Crippen LogP contribution >= 0.6 is 0 Å². The number of imide groups is 1. The molecule has 2 heterocycles. The number of nitrogens with one attached hydrogen (secondary N) is 2. The second kappa shape index (κ2) is 9.15. The van der Waals surface area contributed by atoms with E-state index in [4.69, 9.17) is 0 Å². The maximum Gasteiger partial charge on any atom is 0.325 e. The standard InChI is InChI=1S/C25H34N4O4/c1-16-8-10-25(11-9-16)23(32)29(24(33)27-25)15-21(30)26-20-7-5-4-6-19(20)22(31)28-13-17(2)12-18(3)14-28/h4-7,16-18H,8-15H2,1-3H3,(H,26,30)(H,27,33). The molecule has 3 aliphatic rings. The fraction of sp³-hybridized carbons (Fsp3) is 0.600. The van der Waals surface area contributed by atoms with Crippen molar-refractivity contribution in [1.82, 2.24) is 15.1 Å². The van der Waals surface area contributed by atoms with E-state index in [2.05, 4.69) is 31.4 Å². The first-order chi connectivity index (χ1) is 15.7. The largest absolute Gasteiger partial charge is 0.338 e. The fourth-order valence-corrected chi connectivity index (χ4v) is 5.52. The van der Waals surface area contributed by atoms with Gasteiger partial charge in [-0.15, -0.1) is 0 Å².